The van der Waals surface area contributed by atoms with E-state index in [1.54, 1.807) is 12.1 Å². The molecule has 0 fully saturated rings. The van der Waals surface area contributed by atoms with E-state index in [-0.39, 0.29) is 51.2 Å². The van der Waals surface area contributed by atoms with Gasteiger partial charge < -0.3 is 47.4 Å². The Hall–Kier alpha value is -3.36. The second kappa shape index (κ2) is 24.7. The predicted molar refractivity (Wildman–Crippen MR) is 179 cm³/mol. The number of esters is 2. The number of hydrogen-bond donors (Lipinski definition) is 0. The Kier molecular flexibility index (Phi) is 22.0. The summed E-state index contributed by atoms with van der Waals surface area (Å²) in [7, 11) is 0. The molecule has 12 nitrogen and oxygen atoms in total. The van der Waals surface area contributed by atoms with Crippen molar-refractivity contribution in [1.29, 1.82) is 0 Å². The van der Waals surface area contributed by atoms with Gasteiger partial charge in [0.1, 0.15) is 35.9 Å². The van der Waals surface area contributed by atoms with Crippen molar-refractivity contribution >= 4 is 11.9 Å². The minimum Gasteiger partial charge on any atom is -0.490 e. The van der Waals surface area contributed by atoms with E-state index in [1.807, 2.05) is 41.5 Å². The minimum absolute atomic E-state index is 0.201. The molecule has 0 aliphatic heterocycles. The van der Waals surface area contributed by atoms with Crippen LogP contribution in [0.1, 0.15) is 65.5 Å². The highest BCUT2D eigenvalue weighted by Gasteiger charge is 2.16. The lowest BCUT2D eigenvalue weighted by Crippen LogP contribution is -2.24. The lowest BCUT2D eigenvalue weighted by Gasteiger charge is -2.19. The van der Waals surface area contributed by atoms with Gasteiger partial charge in [-0.3, -0.25) is 9.59 Å². The van der Waals surface area contributed by atoms with Gasteiger partial charge in [-0.2, -0.15) is 0 Å². The predicted octanol–water partition coefficient (Wildman–Crippen LogP) is 3.97. The van der Waals surface area contributed by atoms with Crippen molar-refractivity contribution in [3.63, 3.8) is 0 Å². The molecular weight excluding hydrogens is 624 g/mol. The van der Waals surface area contributed by atoms with E-state index >= 15 is 0 Å². The quantitative estimate of drug-likeness (QED) is 0.0800. The maximum Gasteiger partial charge on any atom is 0.308 e. The van der Waals surface area contributed by atoms with Crippen LogP contribution >= 0.6 is 0 Å². The highest BCUT2D eigenvalue weighted by Crippen LogP contribution is 2.28. The molecule has 0 bridgehead atoms. The van der Waals surface area contributed by atoms with Crippen molar-refractivity contribution in [2.75, 3.05) is 92.5 Å². The average Bonchev–Trinajstić information content (AvgIpc) is 3.00. The van der Waals surface area contributed by atoms with E-state index < -0.39 is 11.2 Å². The molecule has 0 heterocycles. The number of carbonyl (C=O) groups is 2. The number of ether oxygens (including phenoxy) is 10. The molecule has 1 aromatic rings. The first kappa shape index (κ1) is 42.7. The molecule has 0 aliphatic carbocycles. The minimum atomic E-state index is -0.499. The fourth-order valence-electron chi connectivity index (χ4n) is 3.63. The fourth-order valence-corrected chi connectivity index (χ4v) is 3.63. The third-order valence-corrected chi connectivity index (χ3v) is 5.59. The summed E-state index contributed by atoms with van der Waals surface area (Å²) < 4.78 is 54.8. The SMILES string of the molecule is C#Cc1cc(OCCOCCOCCOCCC(=O)OC(C)(C)C)c(C#C)cc1OCCOCCOCCOCCC(=O)OC(C)(C)C. The normalized spacial score (nSPS) is 11.4. The van der Waals surface area contributed by atoms with Crippen molar-refractivity contribution < 1.29 is 57.0 Å². The van der Waals surface area contributed by atoms with Gasteiger partial charge in [-0.15, -0.1) is 12.8 Å². The van der Waals surface area contributed by atoms with Gasteiger partial charge in [0.2, 0.25) is 0 Å². The van der Waals surface area contributed by atoms with Gasteiger partial charge in [-0.1, -0.05) is 11.8 Å². The molecule has 1 aromatic carbocycles. The van der Waals surface area contributed by atoms with Gasteiger partial charge in [0.15, 0.2) is 0 Å². The molecule has 0 spiro atoms. The van der Waals surface area contributed by atoms with Crippen molar-refractivity contribution in [2.45, 2.75) is 65.6 Å². The molecule has 1 rings (SSSR count). The molecule has 0 aliphatic rings. The van der Waals surface area contributed by atoms with Crippen LogP contribution in [0.2, 0.25) is 0 Å². The third-order valence-electron chi connectivity index (χ3n) is 5.59. The topological polar surface area (TPSA) is 126 Å². The molecule has 0 N–H and O–H groups in total. The van der Waals surface area contributed by atoms with Gasteiger partial charge in [0.25, 0.3) is 0 Å². The number of carbonyl (C=O) groups excluding carboxylic acids is 2. The van der Waals surface area contributed by atoms with Crippen molar-refractivity contribution in [1.82, 2.24) is 0 Å². The van der Waals surface area contributed by atoms with Crippen molar-refractivity contribution in [3.05, 3.63) is 23.3 Å². The summed E-state index contributed by atoms with van der Waals surface area (Å²) in [4.78, 5) is 23.3. The summed E-state index contributed by atoms with van der Waals surface area (Å²) >= 11 is 0. The molecule has 0 aromatic heterocycles. The van der Waals surface area contributed by atoms with Gasteiger partial charge in [-0.05, 0) is 41.5 Å². The zero-order valence-electron chi connectivity index (χ0n) is 29.5. The molecule has 12 heteroatoms. The summed E-state index contributed by atoms with van der Waals surface area (Å²) in [5, 5.41) is 0. The van der Waals surface area contributed by atoms with E-state index in [0.717, 1.165) is 0 Å². The van der Waals surface area contributed by atoms with Crippen molar-refractivity contribution in [3.8, 4) is 36.2 Å². The molecular formula is C36H54O12. The molecule has 0 saturated heterocycles. The number of terminal acetylenes is 2. The van der Waals surface area contributed by atoms with Crippen LogP contribution in [0.3, 0.4) is 0 Å². The van der Waals surface area contributed by atoms with Crippen LogP contribution in [0.25, 0.3) is 0 Å². The zero-order chi connectivity index (χ0) is 35.7. The van der Waals surface area contributed by atoms with E-state index in [9.17, 15) is 9.59 Å². The second-order valence-corrected chi connectivity index (χ2v) is 12.2. The Labute approximate surface area is 286 Å². The molecule has 0 unspecified atom stereocenters. The van der Waals surface area contributed by atoms with Gasteiger partial charge in [0, 0.05) is 12.1 Å². The lowest BCUT2D eigenvalue weighted by molar-refractivity contribution is -0.157. The van der Waals surface area contributed by atoms with Crippen LogP contribution in [0.4, 0.5) is 0 Å². The molecule has 0 amide bonds. The second-order valence-electron chi connectivity index (χ2n) is 12.2. The zero-order valence-corrected chi connectivity index (χ0v) is 29.5. The van der Waals surface area contributed by atoms with E-state index in [4.69, 9.17) is 60.2 Å². The van der Waals surface area contributed by atoms with Gasteiger partial charge >= 0.3 is 11.9 Å². The molecule has 0 radical (unpaired) electrons. The molecule has 48 heavy (non-hydrogen) atoms. The Bertz CT molecular complexity index is 1050. The van der Waals surface area contributed by atoms with E-state index in [0.29, 0.717) is 88.7 Å². The Morgan fingerprint density at radius 3 is 1.04 bits per heavy atom. The summed E-state index contributed by atoms with van der Waals surface area (Å²) in [6, 6.07) is 3.33. The molecule has 0 atom stereocenters. The summed E-state index contributed by atoms with van der Waals surface area (Å²) in [6.07, 6.45) is 11.8. The highest BCUT2D eigenvalue weighted by molar-refractivity contribution is 5.70. The van der Waals surface area contributed by atoms with Crippen LogP contribution in [-0.4, -0.2) is 116 Å². The summed E-state index contributed by atoms with van der Waals surface area (Å²) in [5.41, 5.74) is 0.00432. The first-order valence-corrected chi connectivity index (χ1v) is 16.1. The van der Waals surface area contributed by atoms with Crippen molar-refractivity contribution in [2.24, 2.45) is 0 Å². The number of rotatable bonds is 26. The lowest BCUT2D eigenvalue weighted by atomic mass is 10.1. The smallest absolute Gasteiger partial charge is 0.308 e. The Morgan fingerprint density at radius 1 is 0.500 bits per heavy atom. The van der Waals surface area contributed by atoms with Crippen LogP contribution in [0.15, 0.2) is 12.1 Å². The molecule has 0 saturated carbocycles. The first-order chi connectivity index (χ1) is 22.8. The van der Waals surface area contributed by atoms with E-state index in [1.165, 1.54) is 0 Å². The summed E-state index contributed by atoms with van der Waals surface area (Å²) in [5.74, 6) is 5.54. The van der Waals surface area contributed by atoms with Crippen LogP contribution < -0.4 is 9.47 Å². The van der Waals surface area contributed by atoms with Gasteiger partial charge in [0.05, 0.1) is 103 Å². The van der Waals surface area contributed by atoms with E-state index in [2.05, 4.69) is 11.8 Å². The summed E-state index contributed by atoms with van der Waals surface area (Å²) in [6.45, 7) is 15.8. The number of hydrogen-bond acceptors (Lipinski definition) is 12. The van der Waals surface area contributed by atoms with Crippen LogP contribution in [0.5, 0.6) is 11.5 Å². The molecule has 270 valence electrons. The maximum atomic E-state index is 11.6. The Balaban J connectivity index is 2.14. The fraction of sp³-hybridized carbons (Fsp3) is 0.667. The first-order valence-electron chi connectivity index (χ1n) is 16.1. The van der Waals surface area contributed by atoms with Crippen LogP contribution in [-0.2, 0) is 47.5 Å². The Morgan fingerprint density at radius 2 is 0.771 bits per heavy atom. The largest absolute Gasteiger partial charge is 0.490 e. The maximum absolute atomic E-state index is 11.6. The average molecular weight is 679 g/mol. The van der Waals surface area contributed by atoms with Gasteiger partial charge in [-0.25, -0.2) is 0 Å². The highest BCUT2D eigenvalue weighted by atomic mass is 16.6. The monoisotopic (exact) mass is 678 g/mol. The standard InChI is InChI=1S/C36H54O12/c1-9-29-27-32(46-26-24-44-22-20-42-18-16-40-14-12-34(38)48-36(6,7)8)30(10-2)28-31(29)45-25-23-43-21-19-41-17-15-39-13-11-33(37)47-35(3,4)5/h1-2,27-28H,11-26H2,3-8H3. The third kappa shape index (κ3) is 23.0. The number of benzene rings is 1. The van der Waals surface area contributed by atoms with Crippen LogP contribution in [0, 0.1) is 24.7 Å².